The number of nitrogens with one attached hydrogen (secondary N) is 1. The van der Waals surface area contributed by atoms with Crippen molar-refractivity contribution in [2.75, 3.05) is 18.0 Å². The molecule has 3 rings (SSSR count). The number of hydrogen-bond donors (Lipinski definition) is 2. The van der Waals surface area contributed by atoms with Crippen LogP contribution in [0.4, 0.5) is 5.69 Å². The molecule has 0 saturated heterocycles. The van der Waals surface area contributed by atoms with Gasteiger partial charge in [-0.3, -0.25) is 0 Å². The normalized spacial score (nSPS) is 12.5. The van der Waals surface area contributed by atoms with Gasteiger partial charge in [-0.1, -0.05) is 30.3 Å². The van der Waals surface area contributed by atoms with Crippen molar-refractivity contribution >= 4 is 16.6 Å². The molecular formula is C20H25N3. The molecule has 0 spiro atoms. The summed E-state index contributed by atoms with van der Waals surface area (Å²) in [6.45, 7) is 6.13. The molecule has 3 aromatic rings. The number of anilines is 1. The lowest BCUT2D eigenvalue weighted by Crippen LogP contribution is -2.39. The summed E-state index contributed by atoms with van der Waals surface area (Å²) in [5.41, 5.74) is 11.5. The van der Waals surface area contributed by atoms with E-state index in [1.807, 2.05) is 0 Å². The maximum absolute atomic E-state index is 6.45. The van der Waals surface area contributed by atoms with Crippen LogP contribution in [0.1, 0.15) is 18.1 Å². The Hall–Kier alpha value is -2.26. The van der Waals surface area contributed by atoms with Crippen molar-refractivity contribution in [3.63, 3.8) is 0 Å². The number of nitrogens with two attached hydrogens (primary N) is 1. The molecule has 0 aliphatic heterocycles. The van der Waals surface area contributed by atoms with Gasteiger partial charge in [-0.25, -0.2) is 0 Å². The van der Waals surface area contributed by atoms with Crippen LogP contribution in [-0.4, -0.2) is 24.1 Å². The number of aromatic nitrogens is 1. The first-order valence-electron chi connectivity index (χ1n) is 8.29. The minimum Gasteiger partial charge on any atom is -0.370 e. The third kappa shape index (κ3) is 3.57. The molecule has 0 bridgehead atoms. The van der Waals surface area contributed by atoms with Gasteiger partial charge < -0.3 is 15.6 Å². The molecule has 2 aromatic carbocycles. The van der Waals surface area contributed by atoms with Gasteiger partial charge in [0.1, 0.15) is 0 Å². The first-order valence-corrected chi connectivity index (χ1v) is 8.29. The van der Waals surface area contributed by atoms with Crippen molar-refractivity contribution in [3.05, 3.63) is 65.9 Å². The summed E-state index contributed by atoms with van der Waals surface area (Å²) in [7, 11) is 0. The second-order valence-corrected chi connectivity index (χ2v) is 6.20. The highest BCUT2D eigenvalue weighted by Gasteiger charge is 2.13. The highest BCUT2D eigenvalue weighted by atomic mass is 15.1. The number of rotatable bonds is 6. The molecule has 0 aliphatic carbocycles. The smallest absolute Gasteiger partial charge is 0.0456 e. The fraction of sp³-hybridized carbons (Fsp3) is 0.300. The summed E-state index contributed by atoms with van der Waals surface area (Å²) in [6, 6.07) is 17.1. The molecule has 3 N–H and O–H groups in total. The van der Waals surface area contributed by atoms with Crippen LogP contribution in [0.25, 0.3) is 10.9 Å². The average Bonchev–Trinajstić information content (AvgIpc) is 2.96. The molecule has 0 aliphatic rings. The second-order valence-electron chi connectivity index (χ2n) is 6.20. The third-order valence-electron chi connectivity index (χ3n) is 4.36. The quantitative estimate of drug-likeness (QED) is 0.726. The van der Waals surface area contributed by atoms with E-state index in [1.165, 1.54) is 27.7 Å². The van der Waals surface area contributed by atoms with Gasteiger partial charge in [0.2, 0.25) is 0 Å². The molecule has 3 heteroatoms. The van der Waals surface area contributed by atoms with Crippen LogP contribution in [-0.2, 0) is 6.42 Å². The predicted octanol–water partition coefficient (Wildman–Crippen LogP) is 3.87. The molecule has 0 saturated carbocycles. The van der Waals surface area contributed by atoms with Crippen molar-refractivity contribution in [1.82, 2.24) is 4.98 Å². The van der Waals surface area contributed by atoms with Crippen molar-refractivity contribution in [3.8, 4) is 0 Å². The Morgan fingerprint density at radius 1 is 1.13 bits per heavy atom. The number of hydrogen-bond acceptors (Lipinski definition) is 2. The van der Waals surface area contributed by atoms with E-state index < -0.39 is 0 Å². The highest BCUT2D eigenvalue weighted by Crippen LogP contribution is 2.20. The van der Waals surface area contributed by atoms with Crippen LogP contribution >= 0.6 is 0 Å². The van der Waals surface area contributed by atoms with Crippen LogP contribution in [0, 0.1) is 6.92 Å². The van der Waals surface area contributed by atoms with Gasteiger partial charge in [0, 0.05) is 41.9 Å². The highest BCUT2D eigenvalue weighted by molar-refractivity contribution is 5.83. The third-order valence-corrected chi connectivity index (χ3v) is 4.36. The Morgan fingerprint density at radius 2 is 1.96 bits per heavy atom. The summed E-state index contributed by atoms with van der Waals surface area (Å²) in [4.78, 5) is 5.68. The first-order chi connectivity index (χ1) is 11.2. The Labute approximate surface area is 138 Å². The number of fused-ring (bicyclic) bond motifs is 1. The molecule has 0 radical (unpaired) electrons. The average molecular weight is 307 g/mol. The topological polar surface area (TPSA) is 45.0 Å². The molecule has 1 heterocycles. The largest absolute Gasteiger partial charge is 0.370 e. The SMILES string of the molecule is CCN(C[C@@H](N)Cc1c[nH]c2ccccc12)c1cccc(C)c1. The van der Waals surface area contributed by atoms with E-state index in [0.29, 0.717) is 0 Å². The number of nitrogens with zero attached hydrogens (tertiary/aromatic N) is 1. The van der Waals surface area contributed by atoms with Crippen molar-refractivity contribution in [1.29, 1.82) is 0 Å². The number of aromatic amines is 1. The lowest BCUT2D eigenvalue weighted by molar-refractivity contribution is 0.638. The second kappa shape index (κ2) is 6.88. The fourth-order valence-electron chi connectivity index (χ4n) is 3.17. The van der Waals surface area contributed by atoms with Crippen molar-refractivity contribution in [2.24, 2.45) is 5.73 Å². The van der Waals surface area contributed by atoms with Crippen molar-refractivity contribution in [2.45, 2.75) is 26.3 Å². The Morgan fingerprint density at radius 3 is 2.74 bits per heavy atom. The van der Waals surface area contributed by atoms with E-state index in [9.17, 15) is 0 Å². The summed E-state index contributed by atoms with van der Waals surface area (Å²) in [5.74, 6) is 0. The molecule has 0 unspecified atom stereocenters. The Kier molecular flexibility index (Phi) is 4.68. The van der Waals surface area contributed by atoms with Crippen LogP contribution in [0.3, 0.4) is 0 Å². The molecule has 1 atom stereocenters. The van der Waals surface area contributed by atoms with E-state index in [-0.39, 0.29) is 6.04 Å². The summed E-state index contributed by atoms with van der Waals surface area (Å²) in [5, 5.41) is 1.28. The van der Waals surface area contributed by atoms with Gasteiger partial charge in [0.25, 0.3) is 0 Å². The lowest BCUT2D eigenvalue weighted by Gasteiger charge is -2.27. The van der Waals surface area contributed by atoms with Gasteiger partial charge in [-0.15, -0.1) is 0 Å². The van der Waals surface area contributed by atoms with E-state index in [4.69, 9.17) is 5.73 Å². The van der Waals surface area contributed by atoms with Gasteiger partial charge >= 0.3 is 0 Å². The van der Waals surface area contributed by atoms with Crippen LogP contribution in [0.5, 0.6) is 0 Å². The molecule has 0 fully saturated rings. The van der Waals surface area contributed by atoms with Gasteiger partial charge in [0.05, 0.1) is 0 Å². The standard InChI is InChI=1S/C20H25N3/c1-3-23(18-8-6-7-15(2)11-18)14-17(21)12-16-13-22-20-10-5-4-9-19(16)20/h4-11,13,17,22H,3,12,14,21H2,1-2H3/t17-/m0/s1. The first kappa shape index (κ1) is 15.6. The van der Waals surface area contributed by atoms with E-state index >= 15 is 0 Å². The fourth-order valence-corrected chi connectivity index (χ4v) is 3.17. The molecule has 1 aromatic heterocycles. The number of aryl methyl sites for hydroxylation is 1. The molecular weight excluding hydrogens is 282 g/mol. The zero-order chi connectivity index (χ0) is 16.2. The summed E-state index contributed by atoms with van der Waals surface area (Å²) in [6.07, 6.45) is 2.97. The van der Waals surface area contributed by atoms with E-state index in [2.05, 4.69) is 78.5 Å². The van der Waals surface area contributed by atoms with Gasteiger partial charge in [-0.2, -0.15) is 0 Å². The monoisotopic (exact) mass is 307 g/mol. The zero-order valence-electron chi connectivity index (χ0n) is 13.9. The number of likely N-dealkylation sites (N-methyl/N-ethyl adjacent to an activating group) is 1. The van der Waals surface area contributed by atoms with E-state index in [0.717, 1.165) is 19.5 Å². The number of benzene rings is 2. The van der Waals surface area contributed by atoms with Crippen LogP contribution in [0.15, 0.2) is 54.7 Å². The predicted molar refractivity (Wildman–Crippen MR) is 99.0 cm³/mol. The minimum absolute atomic E-state index is 0.106. The Balaban J connectivity index is 1.71. The Bertz CT molecular complexity index is 775. The summed E-state index contributed by atoms with van der Waals surface area (Å²) >= 11 is 0. The minimum atomic E-state index is 0.106. The molecule has 23 heavy (non-hydrogen) atoms. The van der Waals surface area contributed by atoms with Crippen LogP contribution in [0.2, 0.25) is 0 Å². The maximum atomic E-state index is 6.45. The molecule has 3 nitrogen and oxygen atoms in total. The number of H-pyrrole nitrogens is 1. The lowest BCUT2D eigenvalue weighted by atomic mass is 10.0. The number of para-hydroxylation sites is 1. The summed E-state index contributed by atoms with van der Waals surface area (Å²) < 4.78 is 0. The molecule has 0 amide bonds. The zero-order valence-corrected chi connectivity index (χ0v) is 13.9. The van der Waals surface area contributed by atoms with Gasteiger partial charge in [0.15, 0.2) is 0 Å². The van der Waals surface area contributed by atoms with E-state index in [1.54, 1.807) is 0 Å². The maximum Gasteiger partial charge on any atom is 0.0456 e. The van der Waals surface area contributed by atoms with Crippen molar-refractivity contribution < 1.29 is 0 Å². The molecule has 120 valence electrons. The van der Waals surface area contributed by atoms with Gasteiger partial charge in [-0.05, 0) is 49.6 Å². The van der Waals surface area contributed by atoms with Crippen LogP contribution < -0.4 is 10.6 Å².